The van der Waals surface area contributed by atoms with Crippen LogP contribution in [0.2, 0.25) is 0 Å². The molecule has 0 saturated carbocycles. The Morgan fingerprint density at radius 1 is 1.29 bits per heavy atom. The largest absolute Gasteiger partial charge is 0.264 e. The summed E-state index contributed by atoms with van der Waals surface area (Å²) in [6, 6.07) is 9.53. The van der Waals surface area contributed by atoms with Crippen molar-refractivity contribution in [1.82, 2.24) is 4.98 Å². The van der Waals surface area contributed by atoms with Crippen molar-refractivity contribution in [3.8, 4) is 11.1 Å². The number of aryl methyl sites for hydroxylation is 1. The molecule has 0 aliphatic carbocycles. The lowest BCUT2D eigenvalue weighted by molar-refractivity contribution is 0.628. The van der Waals surface area contributed by atoms with Crippen LogP contribution in [0.5, 0.6) is 0 Å². The van der Waals surface area contributed by atoms with Crippen molar-refractivity contribution in [3.05, 3.63) is 54.1 Å². The minimum absolute atomic E-state index is 0.226. The Kier molecular flexibility index (Phi) is 2.27. The standard InChI is InChI=1S/C12H9FN/c1-9-2-3-11(13)8-12(9)10-4-6-14-7-5-10/h2-4,6-8H,1H3. The molecule has 0 N–H and O–H groups in total. The molecule has 0 bridgehead atoms. The molecule has 69 valence electrons. The van der Waals surface area contributed by atoms with Gasteiger partial charge in [0, 0.05) is 18.5 Å². The maximum Gasteiger partial charge on any atom is 0.123 e. The number of nitrogens with zero attached hydrogens (tertiary/aromatic N) is 1. The molecular formula is C12H9FN. The fourth-order valence-electron chi connectivity index (χ4n) is 1.37. The highest BCUT2D eigenvalue weighted by molar-refractivity contribution is 5.65. The zero-order chi connectivity index (χ0) is 9.97. The van der Waals surface area contributed by atoms with Crippen LogP contribution < -0.4 is 0 Å². The first-order valence-electron chi connectivity index (χ1n) is 4.35. The van der Waals surface area contributed by atoms with Crippen molar-refractivity contribution in [2.75, 3.05) is 0 Å². The van der Waals surface area contributed by atoms with E-state index in [0.29, 0.717) is 0 Å². The van der Waals surface area contributed by atoms with Crippen LogP contribution in [0.4, 0.5) is 4.39 Å². The number of halogens is 1. The first-order valence-corrected chi connectivity index (χ1v) is 4.35. The van der Waals surface area contributed by atoms with Gasteiger partial charge in [0.1, 0.15) is 5.82 Å². The van der Waals surface area contributed by atoms with Gasteiger partial charge in [-0.1, -0.05) is 6.07 Å². The first-order chi connectivity index (χ1) is 6.77. The van der Waals surface area contributed by atoms with Crippen LogP contribution in [0.15, 0.2) is 36.7 Å². The highest BCUT2D eigenvalue weighted by Crippen LogP contribution is 2.22. The molecule has 2 aromatic rings. The van der Waals surface area contributed by atoms with Gasteiger partial charge in [-0.25, -0.2) is 4.39 Å². The van der Waals surface area contributed by atoms with Gasteiger partial charge in [-0.2, -0.15) is 0 Å². The molecule has 0 aliphatic heterocycles. The molecular weight excluding hydrogens is 177 g/mol. The molecule has 0 amide bonds. The molecule has 2 rings (SSSR count). The monoisotopic (exact) mass is 186 g/mol. The van der Waals surface area contributed by atoms with Crippen LogP contribution in [0.3, 0.4) is 0 Å². The average molecular weight is 186 g/mol. The molecule has 1 aromatic heterocycles. The van der Waals surface area contributed by atoms with E-state index in [1.54, 1.807) is 18.5 Å². The van der Waals surface area contributed by atoms with Crippen LogP contribution in [-0.4, -0.2) is 4.98 Å². The molecule has 1 heterocycles. The van der Waals surface area contributed by atoms with Crippen molar-refractivity contribution in [3.63, 3.8) is 0 Å². The van der Waals surface area contributed by atoms with E-state index in [4.69, 9.17) is 0 Å². The van der Waals surface area contributed by atoms with E-state index in [1.807, 2.05) is 13.0 Å². The summed E-state index contributed by atoms with van der Waals surface area (Å²) < 4.78 is 13.0. The van der Waals surface area contributed by atoms with Crippen molar-refractivity contribution in [2.45, 2.75) is 6.92 Å². The summed E-state index contributed by atoms with van der Waals surface area (Å²) in [5.74, 6) is -0.226. The van der Waals surface area contributed by atoms with E-state index < -0.39 is 0 Å². The molecule has 0 aliphatic rings. The Morgan fingerprint density at radius 2 is 2.14 bits per heavy atom. The Hall–Kier alpha value is -1.70. The molecule has 1 radical (unpaired) electrons. The molecule has 14 heavy (non-hydrogen) atoms. The predicted molar refractivity (Wildman–Crippen MR) is 53.2 cm³/mol. The van der Waals surface area contributed by atoms with Crippen LogP contribution in [0, 0.1) is 18.8 Å². The van der Waals surface area contributed by atoms with Crippen LogP contribution in [-0.2, 0) is 0 Å². The average Bonchev–Trinajstić information content (AvgIpc) is 2.23. The van der Waals surface area contributed by atoms with Crippen molar-refractivity contribution in [1.29, 1.82) is 0 Å². The molecule has 0 spiro atoms. The van der Waals surface area contributed by atoms with E-state index in [9.17, 15) is 4.39 Å². The van der Waals surface area contributed by atoms with Gasteiger partial charge in [-0.15, -0.1) is 0 Å². The summed E-state index contributed by atoms with van der Waals surface area (Å²) in [6.07, 6.45) is 3.26. The van der Waals surface area contributed by atoms with Gasteiger partial charge in [0.2, 0.25) is 0 Å². The highest BCUT2D eigenvalue weighted by atomic mass is 19.1. The van der Waals surface area contributed by atoms with E-state index >= 15 is 0 Å². The molecule has 0 fully saturated rings. The minimum atomic E-state index is -0.226. The Labute approximate surface area is 82.2 Å². The number of pyridine rings is 1. The number of hydrogen-bond donors (Lipinski definition) is 0. The number of benzene rings is 1. The lowest BCUT2D eigenvalue weighted by Crippen LogP contribution is -1.85. The van der Waals surface area contributed by atoms with Crippen LogP contribution in [0.1, 0.15) is 5.56 Å². The molecule has 0 saturated heterocycles. The van der Waals surface area contributed by atoms with E-state index in [2.05, 4.69) is 11.1 Å². The second kappa shape index (κ2) is 3.58. The van der Waals surface area contributed by atoms with Gasteiger partial charge in [-0.05, 0) is 41.8 Å². The maximum atomic E-state index is 13.0. The summed E-state index contributed by atoms with van der Waals surface area (Å²) >= 11 is 0. The minimum Gasteiger partial charge on any atom is -0.264 e. The summed E-state index contributed by atoms with van der Waals surface area (Å²) in [4.78, 5) is 3.87. The van der Waals surface area contributed by atoms with E-state index in [0.717, 1.165) is 16.7 Å². The third kappa shape index (κ3) is 1.64. The van der Waals surface area contributed by atoms with Gasteiger partial charge < -0.3 is 0 Å². The third-order valence-electron chi connectivity index (χ3n) is 2.11. The normalized spacial score (nSPS) is 10.1. The fourth-order valence-corrected chi connectivity index (χ4v) is 1.37. The van der Waals surface area contributed by atoms with Gasteiger partial charge in [0.25, 0.3) is 0 Å². The topological polar surface area (TPSA) is 12.9 Å². The smallest absolute Gasteiger partial charge is 0.123 e. The molecule has 1 aromatic carbocycles. The van der Waals surface area contributed by atoms with Crippen LogP contribution in [0.25, 0.3) is 11.1 Å². The Balaban J connectivity index is 2.57. The van der Waals surface area contributed by atoms with E-state index in [-0.39, 0.29) is 5.82 Å². The first kappa shape index (κ1) is 8.88. The highest BCUT2D eigenvalue weighted by Gasteiger charge is 2.02. The van der Waals surface area contributed by atoms with Gasteiger partial charge in [0.15, 0.2) is 0 Å². The second-order valence-electron chi connectivity index (χ2n) is 3.11. The number of hydrogen-bond acceptors (Lipinski definition) is 1. The SMILES string of the molecule is Cc1ccc(F)cc1-c1[c]cncc1. The van der Waals surface area contributed by atoms with Crippen molar-refractivity contribution < 1.29 is 4.39 Å². The lowest BCUT2D eigenvalue weighted by atomic mass is 10.0. The molecule has 1 nitrogen and oxygen atoms in total. The molecule has 0 unspecified atom stereocenters. The number of aromatic nitrogens is 1. The quantitative estimate of drug-likeness (QED) is 0.667. The summed E-state index contributed by atoms with van der Waals surface area (Å²) in [5, 5.41) is 0. The zero-order valence-electron chi connectivity index (χ0n) is 7.79. The third-order valence-corrected chi connectivity index (χ3v) is 2.11. The Morgan fingerprint density at radius 3 is 2.86 bits per heavy atom. The van der Waals surface area contributed by atoms with Gasteiger partial charge >= 0.3 is 0 Å². The number of rotatable bonds is 1. The molecule has 2 heteroatoms. The maximum absolute atomic E-state index is 13.0. The van der Waals surface area contributed by atoms with Gasteiger partial charge in [-0.3, -0.25) is 4.98 Å². The van der Waals surface area contributed by atoms with Gasteiger partial charge in [0.05, 0.1) is 0 Å². The predicted octanol–water partition coefficient (Wildman–Crippen LogP) is 3.00. The summed E-state index contributed by atoms with van der Waals surface area (Å²) in [6.45, 7) is 1.95. The summed E-state index contributed by atoms with van der Waals surface area (Å²) in [5.41, 5.74) is 2.78. The Bertz CT molecular complexity index is 437. The molecule has 0 atom stereocenters. The summed E-state index contributed by atoms with van der Waals surface area (Å²) in [7, 11) is 0. The van der Waals surface area contributed by atoms with E-state index in [1.165, 1.54) is 12.1 Å². The fraction of sp³-hybridized carbons (Fsp3) is 0.0833. The zero-order valence-corrected chi connectivity index (χ0v) is 7.79. The van der Waals surface area contributed by atoms with Crippen molar-refractivity contribution >= 4 is 0 Å². The second-order valence-corrected chi connectivity index (χ2v) is 3.11. The van der Waals surface area contributed by atoms with Crippen LogP contribution >= 0.6 is 0 Å². The lowest BCUT2D eigenvalue weighted by Gasteiger charge is -2.04. The van der Waals surface area contributed by atoms with Crippen molar-refractivity contribution in [2.24, 2.45) is 0 Å².